The van der Waals surface area contributed by atoms with E-state index in [0.29, 0.717) is 5.92 Å². The largest absolute Gasteiger partial charge is 0.317 e. The van der Waals surface area contributed by atoms with Crippen LogP contribution in [-0.4, -0.2) is 22.9 Å². The number of nitrogens with one attached hydrogen (secondary N) is 1. The summed E-state index contributed by atoms with van der Waals surface area (Å²) in [6.07, 6.45) is 3.13. The van der Waals surface area contributed by atoms with Crippen LogP contribution in [0.2, 0.25) is 0 Å². The second kappa shape index (κ2) is 6.39. The van der Waals surface area contributed by atoms with Crippen molar-refractivity contribution < 1.29 is 4.39 Å². The van der Waals surface area contributed by atoms with E-state index in [9.17, 15) is 4.39 Å². The maximum absolute atomic E-state index is 13.0. The van der Waals surface area contributed by atoms with Crippen molar-refractivity contribution in [1.29, 1.82) is 0 Å². The first-order chi connectivity index (χ1) is 10.3. The zero-order valence-corrected chi connectivity index (χ0v) is 12.5. The van der Waals surface area contributed by atoms with Crippen LogP contribution >= 0.6 is 0 Å². The Morgan fingerprint density at radius 1 is 1.24 bits per heavy atom. The van der Waals surface area contributed by atoms with Crippen molar-refractivity contribution in [1.82, 2.24) is 15.1 Å². The molecule has 0 bridgehead atoms. The molecule has 0 amide bonds. The first kappa shape index (κ1) is 14.3. The van der Waals surface area contributed by atoms with Crippen LogP contribution in [0.25, 0.3) is 0 Å². The van der Waals surface area contributed by atoms with Gasteiger partial charge in [-0.2, -0.15) is 5.10 Å². The SMILES string of the molecule is CCn1nc(Cc2ccc(F)cc2)cc1C1CCNCC1. The molecule has 3 nitrogen and oxygen atoms in total. The predicted molar refractivity (Wildman–Crippen MR) is 82.0 cm³/mol. The van der Waals surface area contributed by atoms with Gasteiger partial charge >= 0.3 is 0 Å². The molecule has 0 radical (unpaired) electrons. The molecular weight excluding hydrogens is 265 g/mol. The lowest BCUT2D eigenvalue weighted by Crippen LogP contribution is -2.27. The number of nitrogens with zero attached hydrogens (tertiary/aromatic N) is 2. The van der Waals surface area contributed by atoms with Crippen molar-refractivity contribution in [3.05, 3.63) is 53.1 Å². The molecule has 2 aromatic rings. The van der Waals surface area contributed by atoms with E-state index in [0.717, 1.165) is 37.3 Å². The Labute approximate surface area is 125 Å². The van der Waals surface area contributed by atoms with Crippen molar-refractivity contribution in [3.63, 3.8) is 0 Å². The first-order valence-electron chi connectivity index (χ1n) is 7.78. The third-order valence-corrected chi connectivity index (χ3v) is 4.22. The zero-order chi connectivity index (χ0) is 14.7. The van der Waals surface area contributed by atoms with E-state index in [4.69, 9.17) is 5.10 Å². The lowest BCUT2D eigenvalue weighted by molar-refractivity contribution is 0.432. The summed E-state index contributed by atoms with van der Waals surface area (Å²) < 4.78 is 15.1. The van der Waals surface area contributed by atoms with Crippen LogP contribution in [0.15, 0.2) is 30.3 Å². The Bertz CT molecular complexity index is 583. The summed E-state index contributed by atoms with van der Waals surface area (Å²) in [6, 6.07) is 8.94. The molecule has 2 heterocycles. The summed E-state index contributed by atoms with van der Waals surface area (Å²) in [5.41, 5.74) is 3.54. The summed E-state index contributed by atoms with van der Waals surface area (Å²) in [6.45, 7) is 5.22. The average molecular weight is 287 g/mol. The monoisotopic (exact) mass is 287 g/mol. The number of benzene rings is 1. The van der Waals surface area contributed by atoms with Gasteiger partial charge in [0.15, 0.2) is 0 Å². The lowest BCUT2D eigenvalue weighted by Gasteiger charge is -2.23. The van der Waals surface area contributed by atoms with Crippen LogP contribution in [0, 0.1) is 5.82 Å². The van der Waals surface area contributed by atoms with Gasteiger partial charge in [-0.1, -0.05) is 12.1 Å². The molecule has 112 valence electrons. The summed E-state index contributed by atoms with van der Waals surface area (Å²) in [5, 5.41) is 8.13. The highest BCUT2D eigenvalue weighted by Gasteiger charge is 2.20. The van der Waals surface area contributed by atoms with E-state index in [1.165, 1.54) is 30.7 Å². The van der Waals surface area contributed by atoms with Crippen LogP contribution < -0.4 is 5.32 Å². The summed E-state index contributed by atoms with van der Waals surface area (Å²) in [7, 11) is 0. The minimum Gasteiger partial charge on any atom is -0.317 e. The molecule has 0 atom stereocenters. The maximum Gasteiger partial charge on any atom is 0.123 e. The molecule has 1 N–H and O–H groups in total. The molecule has 1 aromatic carbocycles. The second-order valence-corrected chi connectivity index (χ2v) is 5.70. The van der Waals surface area contributed by atoms with Crippen LogP contribution in [0.3, 0.4) is 0 Å². The van der Waals surface area contributed by atoms with Gasteiger partial charge in [0.2, 0.25) is 0 Å². The molecule has 0 spiro atoms. The highest BCUT2D eigenvalue weighted by atomic mass is 19.1. The second-order valence-electron chi connectivity index (χ2n) is 5.70. The number of hydrogen-bond donors (Lipinski definition) is 1. The Hall–Kier alpha value is -1.68. The molecule has 4 heteroatoms. The molecule has 1 aromatic heterocycles. The van der Waals surface area contributed by atoms with Crippen molar-refractivity contribution in [2.24, 2.45) is 0 Å². The Morgan fingerprint density at radius 3 is 2.62 bits per heavy atom. The Morgan fingerprint density at radius 2 is 1.95 bits per heavy atom. The van der Waals surface area contributed by atoms with Gasteiger partial charge in [0.25, 0.3) is 0 Å². The van der Waals surface area contributed by atoms with Crippen LogP contribution in [0.1, 0.15) is 42.6 Å². The van der Waals surface area contributed by atoms with E-state index in [1.54, 1.807) is 0 Å². The van der Waals surface area contributed by atoms with E-state index < -0.39 is 0 Å². The molecule has 1 fully saturated rings. The van der Waals surface area contributed by atoms with Gasteiger partial charge in [-0.3, -0.25) is 4.68 Å². The zero-order valence-electron chi connectivity index (χ0n) is 12.5. The third-order valence-electron chi connectivity index (χ3n) is 4.22. The fourth-order valence-corrected chi connectivity index (χ4v) is 3.08. The predicted octanol–water partition coefficient (Wildman–Crippen LogP) is 3.10. The highest BCUT2D eigenvalue weighted by Crippen LogP contribution is 2.26. The molecule has 1 aliphatic rings. The Kier molecular flexibility index (Phi) is 4.34. The molecule has 1 saturated heterocycles. The van der Waals surface area contributed by atoms with Gasteiger partial charge in [-0.25, -0.2) is 4.39 Å². The topological polar surface area (TPSA) is 29.9 Å². The van der Waals surface area contributed by atoms with E-state index in [2.05, 4.69) is 23.0 Å². The Balaban J connectivity index is 1.79. The maximum atomic E-state index is 13.0. The molecule has 0 aliphatic carbocycles. The number of rotatable bonds is 4. The van der Waals surface area contributed by atoms with Crippen molar-refractivity contribution in [2.75, 3.05) is 13.1 Å². The van der Waals surface area contributed by atoms with E-state index in [-0.39, 0.29) is 5.82 Å². The van der Waals surface area contributed by atoms with Crippen molar-refractivity contribution in [3.8, 4) is 0 Å². The molecule has 1 aliphatic heterocycles. The third kappa shape index (κ3) is 3.32. The standard InChI is InChI=1S/C17H22FN3/c1-2-21-17(14-7-9-19-10-8-14)12-16(20-21)11-13-3-5-15(18)6-4-13/h3-6,12,14,19H,2,7-11H2,1H3. The molecule has 0 unspecified atom stereocenters. The normalized spacial score (nSPS) is 16.3. The minimum absolute atomic E-state index is 0.187. The summed E-state index contributed by atoms with van der Waals surface area (Å²) >= 11 is 0. The molecule has 21 heavy (non-hydrogen) atoms. The smallest absolute Gasteiger partial charge is 0.123 e. The fraction of sp³-hybridized carbons (Fsp3) is 0.471. The number of halogens is 1. The van der Waals surface area contributed by atoms with Gasteiger partial charge < -0.3 is 5.32 Å². The highest BCUT2D eigenvalue weighted by molar-refractivity contribution is 5.24. The lowest BCUT2D eigenvalue weighted by atomic mass is 9.94. The van der Waals surface area contributed by atoms with E-state index >= 15 is 0 Å². The quantitative estimate of drug-likeness (QED) is 0.936. The molecular formula is C17H22FN3. The average Bonchev–Trinajstić information content (AvgIpc) is 2.93. The van der Waals surface area contributed by atoms with Crippen LogP contribution in [0.5, 0.6) is 0 Å². The first-order valence-corrected chi connectivity index (χ1v) is 7.78. The van der Waals surface area contributed by atoms with Crippen molar-refractivity contribution >= 4 is 0 Å². The molecule has 3 rings (SSSR count). The van der Waals surface area contributed by atoms with E-state index in [1.807, 2.05) is 12.1 Å². The number of hydrogen-bond acceptors (Lipinski definition) is 2. The molecule has 0 saturated carbocycles. The fourth-order valence-electron chi connectivity index (χ4n) is 3.08. The summed E-state index contributed by atoms with van der Waals surface area (Å²) in [5.74, 6) is 0.425. The minimum atomic E-state index is -0.187. The van der Waals surface area contributed by atoms with Gasteiger partial charge in [0, 0.05) is 24.6 Å². The van der Waals surface area contributed by atoms with Gasteiger partial charge in [-0.15, -0.1) is 0 Å². The number of piperidine rings is 1. The van der Waals surface area contributed by atoms with Crippen LogP contribution in [0.4, 0.5) is 4.39 Å². The number of aryl methyl sites for hydroxylation is 1. The van der Waals surface area contributed by atoms with Gasteiger partial charge in [0.1, 0.15) is 5.82 Å². The van der Waals surface area contributed by atoms with Gasteiger partial charge in [0.05, 0.1) is 5.69 Å². The number of aromatic nitrogens is 2. The van der Waals surface area contributed by atoms with Crippen molar-refractivity contribution in [2.45, 2.75) is 38.6 Å². The summed E-state index contributed by atoms with van der Waals surface area (Å²) in [4.78, 5) is 0. The van der Waals surface area contributed by atoms with Crippen LogP contribution in [-0.2, 0) is 13.0 Å². The van der Waals surface area contributed by atoms with Gasteiger partial charge in [-0.05, 0) is 56.6 Å².